The SMILES string of the molecule is C=CCN(/C=C(\O)N(C)OC(C)(C)C)Cc1ccccc1. The van der Waals surface area contributed by atoms with E-state index in [9.17, 15) is 5.11 Å². The van der Waals surface area contributed by atoms with Crippen LogP contribution in [-0.2, 0) is 11.4 Å². The summed E-state index contributed by atoms with van der Waals surface area (Å²) in [6.45, 7) is 10.9. The van der Waals surface area contributed by atoms with Crippen LogP contribution in [0.4, 0.5) is 0 Å². The first-order valence-corrected chi connectivity index (χ1v) is 7.04. The fraction of sp³-hybridized carbons (Fsp3) is 0.412. The number of hydrogen-bond donors (Lipinski definition) is 1. The summed E-state index contributed by atoms with van der Waals surface area (Å²) in [7, 11) is 1.69. The second-order valence-electron chi connectivity index (χ2n) is 5.89. The average molecular weight is 290 g/mol. The molecule has 0 fully saturated rings. The molecule has 0 aromatic heterocycles. The van der Waals surface area contributed by atoms with Crippen molar-refractivity contribution in [2.45, 2.75) is 32.9 Å². The van der Waals surface area contributed by atoms with E-state index in [4.69, 9.17) is 4.84 Å². The lowest BCUT2D eigenvalue weighted by Gasteiger charge is -2.28. The van der Waals surface area contributed by atoms with Gasteiger partial charge < -0.3 is 10.0 Å². The minimum atomic E-state index is -0.362. The van der Waals surface area contributed by atoms with Crippen molar-refractivity contribution in [2.75, 3.05) is 13.6 Å². The molecular weight excluding hydrogens is 264 g/mol. The van der Waals surface area contributed by atoms with Gasteiger partial charge in [-0.05, 0) is 26.3 Å². The van der Waals surface area contributed by atoms with E-state index >= 15 is 0 Å². The first-order valence-electron chi connectivity index (χ1n) is 7.04. The Morgan fingerprint density at radius 3 is 2.43 bits per heavy atom. The molecule has 0 spiro atoms. The predicted molar refractivity (Wildman–Crippen MR) is 86.4 cm³/mol. The van der Waals surface area contributed by atoms with Crippen LogP contribution in [0.5, 0.6) is 0 Å². The largest absolute Gasteiger partial charge is 0.492 e. The summed E-state index contributed by atoms with van der Waals surface area (Å²) in [5.74, 6) is 0.0581. The summed E-state index contributed by atoms with van der Waals surface area (Å²) >= 11 is 0. The van der Waals surface area contributed by atoms with Crippen molar-refractivity contribution in [3.63, 3.8) is 0 Å². The van der Waals surface area contributed by atoms with Crippen LogP contribution in [-0.4, -0.2) is 34.3 Å². The number of hydrogen-bond acceptors (Lipinski definition) is 4. The van der Waals surface area contributed by atoms with Gasteiger partial charge in [0.25, 0.3) is 0 Å². The Kier molecular flexibility index (Phi) is 6.31. The lowest BCUT2D eigenvalue weighted by Crippen LogP contribution is -2.31. The zero-order valence-corrected chi connectivity index (χ0v) is 13.4. The second-order valence-corrected chi connectivity index (χ2v) is 5.89. The quantitative estimate of drug-likeness (QED) is 0.472. The Hall–Kier alpha value is -1.94. The van der Waals surface area contributed by atoms with Gasteiger partial charge in [0.05, 0.1) is 11.8 Å². The van der Waals surface area contributed by atoms with Crippen molar-refractivity contribution in [3.8, 4) is 0 Å². The van der Waals surface area contributed by atoms with Gasteiger partial charge in [0.2, 0.25) is 5.88 Å². The van der Waals surface area contributed by atoms with Crippen LogP contribution in [0.3, 0.4) is 0 Å². The molecule has 1 N–H and O–H groups in total. The molecule has 1 rings (SSSR count). The standard InChI is InChI=1S/C17H26N2O2/c1-6-12-19(13-15-10-8-7-9-11-15)14-16(20)18(5)21-17(2,3)4/h6-11,14,20H,1,12-13H2,2-5H3/b16-14-. The summed E-state index contributed by atoms with van der Waals surface area (Å²) in [6, 6.07) is 10.1. The number of nitrogens with zero attached hydrogens (tertiary/aromatic N) is 2. The van der Waals surface area contributed by atoms with Crippen LogP contribution >= 0.6 is 0 Å². The third kappa shape index (κ3) is 6.86. The molecule has 0 heterocycles. The summed E-state index contributed by atoms with van der Waals surface area (Å²) in [6.07, 6.45) is 3.47. The molecule has 4 nitrogen and oxygen atoms in total. The molecule has 4 heteroatoms. The summed E-state index contributed by atoms with van der Waals surface area (Å²) in [5.41, 5.74) is 0.807. The molecule has 0 unspecified atom stereocenters. The highest BCUT2D eigenvalue weighted by molar-refractivity contribution is 5.15. The van der Waals surface area contributed by atoms with E-state index in [2.05, 4.69) is 18.7 Å². The lowest BCUT2D eigenvalue weighted by molar-refractivity contribution is -0.211. The van der Waals surface area contributed by atoms with Crippen molar-refractivity contribution < 1.29 is 9.94 Å². The van der Waals surface area contributed by atoms with Gasteiger partial charge >= 0.3 is 0 Å². The predicted octanol–water partition coefficient (Wildman–Crippen LogP) is 3.69. The highest BCUT2D eigenvalue weighted by Crippen LogP contribution is 2.13. The Morgan fingerprint density at radius 1 is 1.29 bits per heavy atom. The zero-order chi connectivity index (χ0) is 15.9. The fourth-order valence-corrected chi connectivity index (χ4v) is 1.85. The Labute approximate surface area is 127 Å². The number of aliphatic hydroxyl groups is 1. The molecule has 0 aliphatic heterocycles. The van der Waals surface area contributed by atoms with Crippen molar-refractivity contribution >= 4 is 0 Å². The molecule has 0 amide bonds. The molecule has 0 radical (unpaired) electrons. The van der Waals surface area contributed by atoms with Crippen LogP contribution in [0.1, 0.15) is 26.3 Å². The molecule has 116 valence electrons. The van der Waals surface area contributed by atoms with Crippen LogP contribution in [0.15, 0.2) is 55.1 Å². The van der Waals surface area contributed by atoms with E-state index in [0.29, 0.717) is 13.1 Å². The topological polar surface area (TPSA) is 35.9 Å². The third-order valence-corrected chi connectivity index (χ3v) is 2.62. The van der Waals surface area contributed by atoms with Gasteiger partial charge in [-0.1, -0.05) is 36.4 Å². The first-order chi connectivity index (χ1) is 9.81. The van der Waals surface area contributed by atoms with E-state index in [1.54, 1.807) is 19.3 Å². The molecule has 0 aliphatic carbocycles. The molecule has 0 saturated heterocycles. The van der Waals surface area contributed by atoms with Crippen molar-refractivity contribution in [1.29, 1.82) is 0 Å². The van der Waals surface area contributed by atoms with Gasteiger partial charge in [-0.15, -0.1) is 6.58 Å². The minimum Gasteiger partial charge on any atom is -0.492 e. The van der Waals surface area contributed by atoms with Crippen LogP contribution in [0, 0.1) is 0 Å². The second kappa shape index (κ2) is 7.74. The van der Waals surface area contributed by atoms with Crippen LogP contribution in [0.2, 0.25) is 0 Å². The molecule has 0 bridgehead atoms. The van der Waals surface area contributed by atoms with Gasteiger partial charge in [-0.2, -0.15) is 0 Å². The van der Waals surface area contributed by atoms with Gasteiger partial charge in [0, 0.05) is 20.1 Å². The summed E-state index contributed by atoms with van der Waals surface area (Å²) in [4.78, 5) is 7.56. The van der Waals surface area contributed by atoms with Crippen LogP contribution in [0.25, 0.3) is 0 Å². The maximum Gasteiger partial charge on any atom is 0.227 e. The van der Waals surface area contributed by atoms with Gasteiger partial charge in [-0.25, -0.2) is 5.06 Å². The van der Waals surface area contributed by atoms with E-state index in [0.717, 1.165) is 0 Å². The van der Waals surface area contributed by atoms with Crippen molar-refractivity contribution in [2.24, 2.45) is 0 Å². The van der Waals surface area contributed by atoms with Crippen LogP contribution < -0.4 is 0 Å². The monoisotopic (exact) mass is 290 g/mol. The van der Waals surface area contributed by atoms with Gasteiger partial charge in [0.1, 0.15) is 0 Å². The van der Waals surface area contributed by atoms with Gasteiger partial charge in [0.15, 0.2) is 0 Å². The lowest BCUT2D eigenvalue weighted by atomic mass is 10.2. The highest BCUT2D eigenvalue weighted by atomic mass is 16.7. The normalized spacial score (nSPS) is 12.1. The molecule has 0 atom stereocenters. The Bertz CT molecular complexity index is 463. The molecule has 21 heavy (non-hydrogen) atoms. The molecule has 1 aromatic carbocycles. The summed E-state index contributed by atoms with van der Waals surface area (Å²) < 4.78 is 0. The molecular formula is C17H26N2O2. The third-order valence-electron chi connectivity index (χ3n) is 2.62. The maximum absolute atomic E-state index is 10.1. The fourth-order valence-electron chi connectivity index (χ4n) is 1.85. The van der Waals surface area contributed by atoms with E-state index < -0.39 is 0 Å². The minimum absolute atomic E-state index is 0.0581. The van der Waals surface area contributed by atoms with Crippen molar-refractivity contribution in [1.82, 2.24) is 9.96 Å². The zero-order valence-electron chi connectivity index (χ0n) is 13.4. The van der Waals surface area contributed by atoms with Gasteiger partial charge in [-0.3, -0.25) is 4.84 Å². The number of aliphatic hydroxyl groups excluding tert-OH is 1. The average Bonchev–Trinajstić information content (AvgIpc) is 2.38. The molecule has 0 aliphatic rings. The first kappa shape index (κ1) is 17.1. The summed E-state index contributed by atoms with van der Waals surface area (Å²) in [5, 5.41) is 11.5. The highest BCUT2D eigenvalue weighted by Gasteiger charge is 2.16. The number of benzene rings is 1. The van der Waals surface area contributed by atoms with E-state index in [1.165, 1.54) is 10.6 Å². The number of rotatable bonds is 7. The van der Waals surface area contributed by atoms with E-state index in [1.807, 2.05) is 43.9 Å². The van der Waals surface area contributed by atoms with Crippen molar-refractivity contribution in [3.05, 3.63) is 60.6 Å². The molecule has 0 saturated carbocycles. The smallest absolute Gasteiger partial charge is 0.227 e. The maximum atomic E-state index is 10.1. The number of hydroxylamine groups is 2. The van der Waals surface area contributed by atoms with E-state index in [-0.39, 0.29) is 11.5 Å². The Morgan fingerprint density at radius 2 is 1.90 bits per heavy atom. The molecule has 1 aromatic rings. The Balaban J connectivity index is 2.76.